The van der Waals surface area contributed by atoms with E-state index >= 15 is 0 Å². The molecule has 34 heavy (non-hydrogen) atoms. The Morgan fingerprint density at radius 2 is 1.71 bits per heavy atom. The summed E-state index contributed by atoms with van der Waals surface area (Å²) < 4.78 is 29.0. The molecule has 1 saturated carbocycles. The minimum absolute atomic E-state index is 0.185. The van der Waals surface area contributed by atoms with E-state index in [1.807, 2.05) is 41.8 Å². The summed E-state index contributed by atoms with van der Waals surface area (Å²) in [5, 5.41) is 11.9. The van der Waals surface area contributed by atoms with Gasteiger partial charge >= 0.3 is 0 Å². The van der Waals surface area contributed by atoms with Gasteiger partial charge in [0.05, 0.1) is 10.1 Å². The Kier molecular flexibility index (Phi) is 6.46. The zero-order chi connectivity index (χ0) is 23.7. The van der Waals surface area contributed by atoms with Crippen LogP contribution in [0.4, 0.5) is 5.69 Å². The Balaban J connectivity index is 1.28. The zero-order valence-corrected chi connectivity index (χ0v) is 20.6. The van der Waals surface area contributed by atoms with Crippen molar-refractivity contribution in [3.63, 3.8) is 0 Å². The smallest absolute Gasteiger partial charge is 0.243 e. The molecular formula is C24H27N5O3S2. The molecule has 1 amide bonds. The lowest BCUT2D eigenvalue weighted by Gasteiger charge is -2.16. The molecule has 0 spiro atoms. The van der Waals surface area contributed by atoms with Gasteiger partial charge in [0.2, 0.25) is 15.9 Å². The summed E-state index contributed by atoms with van der Waals surface area (Å²) in [6, 6.07) is 16.3. The number of para-hydroxylation sites is 1. The maximum Gasteiger partial charge on any atom is 0.243 e. The number of rotatable bonds is 8. The normalized spacial score (nSPS) is 17.6. The number of amides is 1. The van der Waals surface area contributed by atoms with Crippen molar-refractivity contribution in [1.29, 1.82) is 0 Å². The van der Waals surface area contributed by atoms with Crippen molar-refractivity contribution in [2.45, 2.75) is 53.8 Å². The quantitative estimate of drug-likeness (QED) is 0.472. The van der Waals surface area contributed by atoms with Crippen molar-refractivity contribution in [1.82, 2.24) is 19.1 Å². The van der Waals surface area contributed by atoms with Crippen molar-refractivity contribution in [2.75, 3.05) is 18.4 Å². The molecule has 5 rings (SSSR count). The minimum atomic E-state index is -3.47. The lowest BCUT2D eigenvalue weighted by Crippen LogP contribution is -2.27. The Labute approximate surface area is 203 Å². The van der Waals surface area contributed by atoms with E-state index in [1.165, 1.54) is 16.1 Å². The fraction of sp³-hybridized carbons (Fsp3) is 0.375. The third kappa shape index (κ3) is 4.75. The van der Waals surface area contributed by atoms with Crippen LogP contribution in [0.1, 0.15) is 44.3 Å². The van der Waals surface area contributed by atoms with Gasteiger partial charge in [-0.05, 0) is 69.0 Å². The largest absolute Gasteiger partial charge is 0.325 e. The van der Waals surface area contributed by atoms with Crippen LogP contribution in [0, 0.1) is 0 Å². The van der Waals surface area contributed by atoms with Crippen LogP contribution in [-0.4, -0.2) is 51.7 Å². The molecule has 0 radical (unpaired) electrons. The summed E-state index contributed by atoms with van der Waals surface area (Å²) in [5.41, 5.74) is 1.54. The summed E-state index contributed by atoms with van der Waals surface area (Å²) in [4.78, 5) is 13.1. The number of anilines is 1. The number of carbonyl (C=O) groups excluding carboxylic acids is 1. The van der Waals surface area contributed by atoms with Crippen molar-refractivity contribution in [2.24, 2.45) is 0 Å². The summed E-state index contributed by atoms with van der Waals surface area (Å²) in [6.07, 6.45) is 4.00. The van der Waals surface area contributed by atoms with Crippen LogP contribution in [0.2, 0.25) is 0 Å². The van der Waals surface area contributed by atoms with Crippen LogP contribution >= 0.6 is 11.8 Å². The van der Waals surface area contributed by atoms with Gasteiger partial charge in [0.15, 0.2) is 5.16 Å². The van der Waals surface area contributed by atoms with E-state index in [0.717, 1.165) is 37.2 Å². The Morgan fingerprint density at radius 3 is 2.35 bits per heavy atom. The van der Waals surface area contributed by atoms with Gasteiger partial charge in [-0.25, -0.2) is 8.42 Å². The van der Waals surface area contributed by atoms with E-state index < -0.39 is 15.3 Å². The molecule has 0 bridgehead atoms. The Hall–Kier alpha value is -2.69. The molecular weight excluding hydrogens is 470 g/mol. The number of aromatic nitrogens is 3. The molecule has 10 heteroatoms. The van der Waals surface area contributed by atoms with Crippen molar-refractivity contribution >= 4 is 33.4 Å². The second-order valence-electron chi connectivity index (χ2n) is 8.67. The molecule has 1 saturated heterocycles. The topological polar surface area (TPSA) is 97.2 Å². The Morgan fingerprint density at radius 1 is 1.03 bits per heavy atom. The predicted molar refractivity (Wildman–Crippen MR) is 132 cm³/mol. The van der Waals surface area contributed by atoms with Gasteiger partial charge in [0.1, 0.15) is 5.82 Å². The molecule has 0 unspecified atom stereocenters. The lowest BCUT2D eigenvalue weighted by atomic mass is 10.3. The highest BCUT2D eigenvalue weighted by Crippen LogP contribution is 2.41. The average Bonchev–Trinajstić information content (AvgIpc) is 3.36. The number of hydrogen-bond donors (Lipinski definition) is 1. The monoisotopic (exact) mass is 497 g/mol. The van der Waals surface area contributed by atoms with Crippen LogP contribution in [0.15, 0.2) is 64.6 Å². The van der Waals surface area contributed by atoms with E-state index in [-0.39, 0.29) is 10.8 Å². The van der Waals surface area contributed by atoms with Crippen LogP contribution in [0.5, 0.6) is 0 Å². The molecule has 2 aromatic carbocycles. The van der Waals surface area contributed by atoms with Crippen LogP contribution < -0.4 is 5.32 Å². The molecule has 2 heterocycles. The molecule has 3 aromatic rings. The summed E-state index contributed by atoms with van der Waals surface area (Å²) >= 11 is 1.36. The predicted octanol–water partition coefficient (Wildman–Crippen LogP) is 4.05. The first-order chi connectivity index (χ1) is 16.4. The summed E-state index contributed by atoms with van der Waals surface area (Å²) in [7, 11) is -3.47. The molecule has 2 fully saturated rings. The zero-order valence-electron chi connectivity index (χ0n) is 18.9. The highest BCUT2D eigenvalue weighted by molar-refractivity contribution is 8.00. The maximum atomic E-state index is 12.9. The van der Waals surface area contributed by atoms with E-state index in [1.54, 1.807) is 24.3 Å². The van der Waals surface area contributed by atoms with Gasteiger partial charge in [-0.2, -0.15) is 4.31 Å². The van der Waals surface area contributed by atoms with Gasteiger partial charge < -0.3 is 5.32 Å². The van der Waals surface area contributed by atoms with Gasteiger partial charge in [-0.1, -0.05) is 30.0 Å². The summed E-state index contributed by atoms with van der Waals surface area (Å²) in [6.45, 7) is 2.95. The fourth-order valence-electron chi connectivity index (χ4n) is 4.03. The first-order valence-electron chi connectivity index (χ1n) is 11.5. The SMILES string of the molecule is C[C@H](Sc1nnc(C2CC2)n1-c1ccccc1)C(=O)Nc1ccc(S(=O)(=O)N2CCCC2)cc1. The van der Waals surface area contributed by atoms with E-state index in [4.69, 9.17) is 0 Å². The molecule has 1 aromatic heterocycles. The van der Waals surface area contributed by atoms with Crippen molar-refractivity contribution < 1.29 is 13.2 Å². The molecule has 8 nitrogen and oxygen atoms in total. The maximum absolute atomic E-state index is 12.9. The average molecular weight is 498 g/mol. The lowest BCUT2D eigenvalue weighted by molar-refractivity contribution is -0.115. The number of benzene rings is 2. The molecule has 1 atom stereocenters. The number of nitrogens with zero attached hydrogens (tertiary/aromatic N) is 4. The van der Waals surface area contributed by atoms with E-state index in [9.17, 15) is 13.2 Å². The number of sulfonamides is 1. The number of nitrogens with one attached hydrogen (secondary N) is 1. The molecule has 2 aliphatic rings. The second-order valence-corrected chi connectivity index (χ2v) is 11.9. The Bertz CT molecular complexity index is 1270. The molecule has 178 valence electrons. The number of thioether (sulfide) groups is 1. The highest BCUT2D eigenvalue weighted by atomic mass is 32.2. The fourth-order valence-corrected chi connectivity index (χ4v) is 6.42. The molecule has 1 aliphatic heterocycles. The minimum Gasteiger partial charge on any atom is -0.325 e. The first-order valence-corrected chi connectivity index (χ1v) is 13.8. The number of carbonyl (C=O) groups is 1. The van der Waals surface area contributed by atoms with E-state index in [0.29, 0.717) is 29.9 Å². The first kappa shape index (κ1) is 23.1. The van der Waals surface area contributed by atoms with Gasteiger partial charge in [0, 0.05) is 30.4 Å². The highest BCUT2D eigenvalue weighted by Gasteiger charge is 2.32. The third-order valence-electron chi connectivity index (χ3n) is 6.09. The van der Waals surface area contributed by atoms with Crippen LogP contribution in [0.3, 0.4) is 0 Å². The van der Waals surface area contributed by atoms with Gasteiger partial charge in [-0.3, -0.25) is 9.36 Å². The molecule has 1 N–H and O–H groups in total. The third-order valence-corrected chi connectivity index (χ3v) is 9.05. The van der Waals surface area contributed by atoms with Crippen molar-refractivity contribution in [3.8, 4) is 5.69 Å². The van der Waals surface area contributed by atoms with Crippen LogP contribution in [0.25, 0.3) is 5.69 Å². The van der Waals surface area contributed by atoms with Crippen molar-refractivity contribution in [3.05, 3.63) is 60.4 Å². The standard InChI is InChI=1S/C24H27N5O3S2/c1-17(33-24-27-26-22(18-9-10-18)29(24)20-7-3-2-4-8-20)23(30)25-19-11-13-21(14-12-19)34(31,32)28-15-5-6-16-28/h2-4,7-8,11-14,17-18H,5-6,9-10,15-16H2,1H3,(H,25,30)/t17-/m0/s1. The van der Waals surface area contributed by atoms with Gasteiger partial charge in [0.25, 0.3) is 0 Å². The van der Waals surface area contributed by atoms with Gasteiger partial charge in [-0.15, -0.1) is 10.2 Å². The second kappa shape index (κ2) is 9.52. The van der Waals surface area contributed by atoms with Crippen LogP contribution in [-0.2, 0) is 14.8 Å². The number of hydrogen-bond acceptors (Lipinski definition) is 6. The molecule has 1 aliphatic carbocycles. The summed E-state index contributed by atoms with van der Waals surface area (Å²) in [5.74, 6) is 1.17. The van der Waals surface area contributed by atoms with E-state index in [2.05, 4.69) is 15.5 Å².